The summed E-state index contributed by atoms with van der Waals surface area (Å²) in [5, 5.41) is 0. The molecular weight excluding hydrogens is 591 g/mol. The average molecular weight is 637 g/mol. The number of hydrogen-bond acceptors (Lipinski definition) is 0. The Morgan fingerprint density at radius 1 is 0.490 bits per heavy atom. The Balaban J connectivity index is 1.37. The molecule has 0 bridgehead atoms. The highest BCUT2D eigenvalue weighted by molar-refractivity contribution is 6.38. The minimum atomic E-state index is 0.934. The summed E-state index contributed by atoms with van der Waals surface area (Å²) in [6.45, 7) is 13.3. The van der Waals surface area contributed by atoms with Gasteiger partial charge < -0.3 is 0 Å². The molecule has 1 heterocycles. The first-order valence-corrected chi connectivity index (χ1v) is 17.5. The topological polar surface area (TPSA) is 3.01 Å². The van der Waals surface area contributed by atoms with E-state index in [1.165, 1.54) is 100 Å². The Morgan fingerprint density at radius 2 is 0.918 bits per heavy atom. The van der Waals surface area contributed by atoms with Crippen LogP contribution >= 0.6 is 0 Å². The van der Waals surface area contributed by atoms with Crippen LogP contribution in [0.4, 0.5) is 5.69 Å². The van der Waals surface area contributed by atoms with Crippen LogP contribution in [-0.2, 0) is 12.8 Å². The van der Waals surface area contributed by atoms with Gasteiger partial charge in [0.1, 0.15) is 7.05 Å². The smallest absolute Gasteiger partial charge is 0.194 e. The van der Waals surface area contributed by atoms with E-state index < -0.39 is 0 Å². The summed E-state index contributed by atoms with van der Waals surface area (Å²) in [6, 6.07) is 47.6. The van der Waals surface area contributed by atoms with Gasteiger partial charge in [0.15, 0.2) is 0 Å². The third-order valence-electron chi connectivity index (χ3n) is 10.3. The number of fused-ring (bicyclic) bond motifs is 1. The highest BCUT2D eigenvalue weighted by atomic mass is 15.0. The van der Waals surface area contributed by atoms with Crippen molar-refractivity contribution in [2.24, 2.45) is 0 Å². The van der Waals surface area contributed by atoms with Gasteiger partial charge in [-0.25, -0.2) is 0 Å². The normalized spacial score (nSPS) is 12.4. The Morgan fingerprint density at radius 3 is 1.39 bits per heavy atom. The number of allylic oxidation sites excluding steroid dienone is 1. The zero-order chi connectivity index (χ0) is 34.2. The first kappa shape index (κ1) is 32.3. The number of nitrogens with zero attached hydrogens (tertiary/aromatic N) is 1. The maximum Gasteiger partial charge on any atom is 0.221 e. The minimum Gasteiger partial charge on any atom is -0.194 e. The van der Waals surface area contributed by atoms with Crippen LogP contribution in [0.1, 0.15) is 77.9 Å². The summed E-state index contributed by atoms with van der Waals surface area (Å²) in [6.07, 6.45) is 1.87. The average Bonchev–Trinajstić information content (AvgIpc) is 3.38. The zero-order valence-corrected chi connectivity index (χ0v) is 30.0. The van der Waals surface area contributed by atoms with E-state index in [9.17, 15) is 0 Å². The lowest BCUT2D eigenvalue weighted by Gasteiger charge is -2.16. The monoisotopic (exact) mass is 636 g/mol. The summed E-state index contributed by atoms with van der Waals surface area (Å²) in [5.74, 6) is 0. The number of hydrogen-bond donors (Lipinski definition) is 0. The van der Waals surface area contributed by atoms with E-state index in [1.54, 1.807) is 0 Å². The Kier molecular flexibility index (Phi) is 8.78. The molecule has 0 unspecified atom stereocenters. The number of aryl methyl sites for hydroxylation is 6. The molecule has 0 fully saturated rings. The molecule has 0 saturated carbocycles. The van der Waals surface area contributed by atoms with Gasteiger partial charge in [0, 0.05) is 17.2 Å². The van der Waals surface area contributed by atoms with Gasteiger partial charge in [0.25, 0.3) is 0 Å². The van der Waals surface area contributed by atoms with Gasteiger partial charge in [0.05, 0.1) is 11.1 Å². The van der Waals surface area contributed by atoms with Gasteiger partial charge in [-0.2, -0.15) is 4.58 Å². The molecule has 0 atom stereocenters. The molecule has 1 nitrogen and oxygen atoms in total. The molecular formula is C48H46N+. The fourth-order valence-corrected chi connectivity index (χ4v) is 8.00. The van der Waals surface area contributed by atoms with Crippen molar-refractivity contribution in [1.29, 1.82) is 0 Å². The predicted octanol–water partition coefficient (Wildman–Crippen LogP) is 11.5. The standard InChI is InChI=1S/C48H46N/c1-31-25-33(3)43(34(4)26-31)29-37-17-21-39(22-18-37)46(40-23-19-38(20-24-40)30-44-35(5)27-32(2)28-36(44)6)47-42-15-11-12-16-45(42)49(7)48(47)41-13-9-8-10-14-41/h8-28H,29-30H2,1-7H3/q+1. The van der Waals surface area contributed by atoms with Crippen LogP contribution in [0.2, 0.25) is 0 Å². The van der Waals surface area contributed by atoms with Crippen LogP contribution in [-0.4, -0.2) is 17.3 Å². The summed E-state index contributed by atoms with van der Waals surface area (Å²) in [7, 11) is 2.20. The van der Waals surface area contributed by atoms with Crippen LogP contribution in [0, 0.1) is 41.5 Å². The van der Waals surface area contributed by atoms with Gasteiger partial charge in [-0.1, -0.05) is 114 Å². The summed E-state index contributed by atoms with van der Waals surface area (Å²) in [5.41, 5.74) is 23.6. The predicted molar refractivity (Wildman–Crippen MR) is 209 cm³/mol. The first-order chi connectivity index (χ1) is 23.7. The Labute approximate surface area is 293 Å². The van der Waals surface area contributed by atoms with Crippen LogP contribution in [0.5, 0.6) is 0 Å². The molecule has 6 aromatic rings. The molecule has 0 saturated heterocycles. The lowest BCUT2D eigenvalue weighted by Crippen LogP contribution is -2.11. The SMILES string of the molecule is Cc1cc(C)c(Cc2ccc(C(=C3C(c4ccccc4)=[N+](C)c4ccccc43)c3ccc(Cc4c(C)cc(C)cc4C)cc3)cc2)c(C)c1. The number of rotatable bonds is 7. The van der Waals surface area contributed by atoms with Gasteiger partial charge >= 0.3 is 0 Å². The van der Waals surface area contributed by atoms with Crippen molar-refractivity contribution in [3.8, 4) is 0 Å². The fraction of sp³-hybridized carbons (Fsp3) is 0.188. The molecule has 0 N–H and O–H groups in total. The molecule has 49 heavy (non-hydrogen) atoms. The van der Waals surface area contributed by atoms with E-state index in [0.717, 1.165) is 12.8 Å². The van der Waals surface area contributed by atoms with Gasteiger partial charge in [-0.3, -0.25) is 0 Å². The lowest BCUT2D eigenvalue weighted by molar-refractivity contribution is -0.400. The van der Waals surface area contributed by atoms with Crippen LogP contribution in [0.15, 0.2) is 127 Å². The fourth-order valence-electron chi connectivity index (χ4n) is 8.00. The minimum absolute atomic E-state index is 0.934. The van der Waals surface area contributed by atoms with Gasteiger partial charge in [-0.15, -0.1) is 0 Å². The van der Waals surface area contributed by atoms with E-state index in [4.69, 9.17) is 0 Å². The van der Waals surface area contributed by atoms with E-state index in [1.807, 2.05) is 0 Å². The molecule has 1 aliphatic heterocycles. The quantitative estimate of drug-likeness (QED) is 0.153. The van der Waals surface area contributed by atoms with Crippen molar-refractivity contribution in [3.05, 3.63) is 205 Å². The summed E-state index contributed by atoms with van der Waals surface area (Å²) in [4.78, 5) is 0. The number of benzene rings is 6. The molecule has 0 amide bonds. The Hall–Kier alpha value is -5.27. The maximum atomic E-state index is 2.37. The van der Waals surface area contributed by atoms with E-state index >= 15 is 0 Å². The third-order valence-corrected chi connectivity index (χ3v) is 10.3. The highest BCUT2D eigenvalue weighted by Crippen LogP contribution is 2.43. The van der Waals surface area contributed by atoms with E-state index in [0.29, 0.717) is 0 Å². The van der Waals surface area contributed by atoms with Gasteiger partial charge in [0.2, 0.25) is 11.4 Å². The summed E-state index contributed by atoms with van der Waals surface area (Å²) >= 11 is 0. The largest absolute Gasteiger partial charge is 0.221 e. The van der Waals surface area contributed by atoms with Crippen molar-refractivity contribution < 1.29 is 4.58 Å². The van der Waals surface area contributed by atoms with Crippen molar-refractivity contribution in [1.82, 2.24) is 0 Å². The van der Waals surface area contributed by atoms with Crippen LogP contribution < -0.4 is 0 Å². The molecule has 1 heteroatoms. The second-order valence-electron chi connectivity index (χ2n) is 14.0. The molecule has 0 aromatic heterocycles. The molecule has 242 valence electrons. The van der Waals surface area contributed by atoms with Crippen molar-refractivity contribution in [2.45, 2.75) is 54.4 Å². The second kappa shape index (κ2) is 13.3. The van der Waals surface area contributed by atoms with Crippen molar-refractivity contribution in [3.63, 3.8) is 0 Å². The van der Waals surface area contributed by atoms with E-state index in [2.05, 4.69) is 181 Å². The molecule has 1 aliphatic rings. The molecule has 6 aromatic carbocycles. The van der Waals surface area contributed by atoms with Crippen LogP contribution in [0.3, 0.4) is 0 Å². The van der Waals surface area contributed by atoms with Crippen molar-refractivity contribution in [2.75, 3.05) is 7.05 Å². The highest BCUT2D eigenvalue weighted by Gasteiger charge is 2.36. The first-order valence-electron chi connectivity index (χ1n) is 17.5. The number of para-hydroxylation sites is 1. The molecule has 0 radical (unpaired) electrons. The third kappa shape index (κ3) is 6.34. The van der Waals surface area contributed by atoms with Gasteiger partial charge in [-0.05, 0) is 128 Å². The second-order valence-corrected chi connectivity index (χ2v) is 14.0. The van der Waals surface area contributed by atoms with Crippen molar-refractivity contribution >= 4 is 22.5 Å². The summed E-state index contributed by atoms with van der Waals surface area (Å²) < 4.78 is 2.37. The Bertz CT molecular complexity index is 2090. The van der Waals surface area contributed by atoms with E-state index in [-0.39, 0.29) is 0 Å². The molecule has 0 aliphatic carbocycles. The van der Waals surface area contributed by atoms with Crippen LogP contribution in [0.25, 0.3) is 11.1 Å². The molecule has 7 rings (SSSR count). The zero-order valence-electron chi connectivity index (χ0n) is 30.0. The lowest BCUT2D eigenvalue weighted by atomic mass is 9.85. The molecule has 0 spiro atoms. The maximum absolute atomic E-state index is 2.37.